The monoisotopic (exact) mass is 427 g/mol. The van der Waals surface area contributed by atoms with Crippen LogP contribution in [-0.4, -0.2) is 38.4 Å². The lowest BCUT2D eigenvalue weighted by atomic mass is 10.1. The highest BCUT2D eigenvalue weighted by molar-refractivity contribution is 5.79. The molecule has 0 atom stereocenters. The van der Waals surface area contributed by atoms with Crippen LogP contribution in [0.3, 0.4) is 0 Å². The number of fused-ring (bicyclic) bond motifs is 3. The van der Waals surface area contributed by atoms with Crippen LogP contribution in [0.1, 0.15) is 5.56 Å². The Kier molecular flexibility index (Phi) is 5.03. The minimum atomic E-state index is -0.117. The van der Waals surface area contributed by atoms with E-state index in [2.05, 4.69) is 15.1 Å². The standard InChI is InChI=1S/C24H21N5O3/c1-31-20-9-8-16(14-21(20)32-2)10-12-28-13-11-19-18(23(28)30)15-25-24-26-22(27-29(19)24)17-6-4-3-5-7-17/h3-9,11,13-15H,10,12H2,1-2H3. The second-order valence-electron chi connectivity index (χ2n) is 7.32. The summed E-state index contributed by atoms with van der Waals surface area (Å²) in [6.07, 6.45) is 4.03. The molecule has 5 aromatic rings. The highest BCUT2D eigenvalue weighted by Crippen LogP contribution is 2.27. The predicted octanol–water partition coefficient (Wildman–Crippen LogP) is 3.37. The zero-order chi connectivity index (χ0) is 22.1. The van der Waals surface area contributed by atoms with Crippen LogP contribution < -0.4 is 15.0 Å². The SMILES string of the molecule is COc1ccc(CCn2ccc3c(cnc4nc(-c5ccccc5)nn43)c2=O)cc1OC. The van der Waals surface area contributed by atoms with Gasteiger partial charge in [-0.2, -0.15) is 9.50 Å². The van der Waals surface area contributed by atoms with Crippen molar-refractivity contribution in [3.8, 4) is 22.9 Å². The maximum Gasteiger partial charge on any atom is 0.261 e. The number of benzene rings is 2. The molecule has 0 saturated carbocycles. The smallest absolute Gasteiger partial charge is 0.261 e. The molecule has 3 heterocycles. The molecular formula is C24H21N5O3. The van der Waals surface area contributed by atoms with Crippen molar-refractivity contribution in [1.82, 2.24) is 24.1 Å². The highest BCUT2D eigenvalue weighted by Gasteiger charge is 2.13. The van der Waals surface area contributed by atoms with Gasteiger partial charge in [-0.25, -0.2) is 4.98 Å². The second-order valence-corrected chi connectivity index (χ2v) is 7.32. The summed E-state index contributed by atoms with van der Waals surface area (Å²) in [5, 5.41) is 5.08. The Balaban J connectivity index is 1.47. The van der Waals surface area contributed by atoms with E-state index in [0.717, 1.165) is 11.1 Å². The first-order chi connectivity index (χ1) is 15.7. The Morgan fingerprint density at radius 2 is 1.78 bits per heavy atom. The van der Waals surface area contributed by atoms with E-state index in [1.165, 1.54) is 0 Å². The zero-order valence-corrected chi connectivity index (χ0v) is 17.7. The molecule has 8 heteroatoms. The van der Waals surface area contributed by atoms with Gasteiger partial charge in [-0.15, -0.1) is 5.10 Å². The van der Waals surface area contributed by atoms with Crippen LogP contribution >= 0.6 is 0 Å². The van der Waals surface area contributed by atoms with Gasteiger partial charge in [0.05, 0.1) is 25.1 Å². The number of hydrogen-bond donors (Lipinski definition) is 0. The molecule has 160 valence electrons. The summed E-state index contributed by atoms with van der Waals surface area (Å²) in [7, 11) is 3.21. The van der Waals surface area contributed by atoms with Crippen LogP contribution in [0.2, 0.25) is 0 Å². The third kappa shape index (κ3) is 3.45. The first-order valence-electron chi connectivity index (χ1n) is 10.2. The average molecular weight is 427 g/mol. The van der Waals surface area contributed by atoms with Crippen LogP contribution in [-0.2, 0) is 13.0 Å². The van der Waals surface area contributed by atoms with E-state index >= 15 is 0 Å². The summed E-state index contributed by atoms with van der Waals surface area (Å²) < 4.78 is 14.0. The summed E-state index contributed by atoms with van der Waals surface area (Å²) in [6, 6.07) is 17.3. The molecule has 2 aromatic carbocycles. The van der Waals surface area contributed by atoms with E-state index in [-0.39, 0.29) is 5.56 Å². The topological polar surface area (TPSA) is 83.5 Å². The molecule has 5 rings (SSSR count). The normalized spacial score (nSPS) is 11.2. The van der Waals surface area contributed by atoms with Crippen LogP contribution in [0.25, 0.3) is 28.1 Å². The summed E-state index contributed by atoms with van der Waals surface area (Å²) in [4.78, 5) is 22.0. The molecule has 0 amide bonds. The molecule has 0 unspecified atom stereocenters. The fourth-order valence-electron chi connectivity index (χ4n) is 3.73. The number of aromatic nitrogens is 5. The van der Waals surface area contributed by atoms with Crippen LogP contribution in [0, 0.1) is 0 Å². The molecule has 0 N–H and O–H groups in total. The summed E-state index contributed by atoms with van der Waals surface area (Å²) in [6.45, 7) is 0.523. The zero-order valence-electron chi connectivity index (χ0n) is 17.7. The first kappa shape index (κ1) is 19.7. The molecule has 0 aliphatic carbocycles. The lowest BCUT2D eigenvalue weighted by molar-refractivity contribution is 0.354. The number of rotatable bonds is 6. The Hall–Kier alpha value is -4.20. The number of pyridine rings is 1. The van der Waals surface area contributed by atoms with Gasteiger partial charge >= 0.3 is 0 Å². The van der Waals surface area contributed by atoms with Crippen LogP contribution in [0.4, 0.5) is 0 Å². The molecule has 0 fully saturated rings. The molecule has 0 aliphatic rings. The van der Waals surface area contributed by atoms with E-state index in [1.807, 2.05) is 54.6 Å². The molecule has 0 radical (unpaired) electrons. The van der Waals surface area contributed by atoms with Crippen LogP contribution in [0.5, 0.6) is 11.5 Å². The van der Waals surface area contributed by atoms with Gasteiger partial charge in [0, 0.05) is 24.5 Å². The summed E-state index contributed by atoms with van der Waals surface area (Å²) >= 11 is 0. The number of methoxy groups -OCH3 is 2. The number of hydrogen-bond acceptors (Lipinski definition) is 6. The summed E-state index contributed by atoms with van der Waals surface area (Å²) in [5.41, 5.74) is 2.51. The van der Waals surface area contributed by atoms with Gasteiger partial charge in [-0.3, -0.25) is 4.79 Å². The van der Waals surface area contributed by atoms with Crippen molar-refractivity contribution < 1.29 is 9.47 Å². The van der Waals surface area contributed by atoms with E-state index in [4.69, 9.17) is 9.47 Å². The number of nitrogens with zero attached hydrogens (tertiary/aromatic N) is 5. The maximum atomic E-state index is 13.1. The molecule has 8 nitrogen and oxygen atoms in total. The minimum Gasteiger partial charge on any atom is -0.493 e. The van der Waals surface area contributed by atoms with Gasteiger partial charge in [0.25, 0.3) is 11.3 Å². The lowest BCUT2D eigenvalue weighted by Gasteiger charge is -2.11. The highest BCUT2D eigenvalue weighted by atomic mass is 16.5. The molecule has 32 heavy (non-hydrogen) atoms. The van der Waals surface area contributed by atoms with Crippen molar-refractivity contribution in [1.29, 1.82) is 0 Å². The van der Waals surface area contributed by atoms with Gasteiger partial charge < -0.3 is 14.0 Å². The van der Waals surface area contributed by atoms with Gasteiger partial charge in [0.15, 0.2) is 17.3 Å². The quantitative estimate of drug-likeness (QED) is 0.413. The largest absolute Gasteiger partial charge is 0.493 e. The van der Waals surface area contributed by atoms with Crippen molar-refractivity contribution in [2.24, 2.45) is 0 Å². The Bertz CT molecular complexity index is 1470. The van der Waals surface area contributed by atoms with E-state index in [0.29, 0.717) is 47.0 Å². The molecule has 0 aliphatic heterocycles. The third-order valence-electron chi connectivity index (χ3n) is 5.43. The van der Waals surface area contributed by atoms with E-state index in [9.17, 15) is 4.79 Å². The summed E-state index contributed by atoms with van der Waals surface area (Å²) in [5.74, 6) is 2.38. The van der Waals surface area contributed by atoms with Crippen LogP contribution in [0.15, 0.2) is 71.8 Å². The van der Waals surface area contributed by atoms with Crippen molar-refractivity contribution in [3.05, 3.63) is 82.9 Å². The Labute approximate surface area is 183 Å². The molecule has 0 spiro atoms. The molecule has 0 bridgehead atoms. The minimum absolute atomic E-state index is 0.117. The maximum absolute atomic E-state index is 13.1. The number of aryl methyl sites for hydroxylation is 2. The van der Waals surface area contributed by atoms with Gasteiger partial charge in [-0.1, -0.05) is 36.4 Å². The fraction of sp³-hybridized carbons (Fsp3) is 0.167. The van der Waals surface area contributed by atoms with Crippen molar-refractivity contribution in [3.63, 3.8) is 0 Å². The number of ether oxygens (including phenoxy) is 2. The van der Waals surface area contributed by atoms with Gasteiger partial charge in [0.1, 0.15) is 0 Å². The molecule has 0 saturated heterocycles. The van der Waals surface area contributed by atoms with Gasteiger partial charge in [0.2, 0.25) is 0 Å². The third-order valence-corrected chi connectivity index (χ3v) is 5.43. The van der Waals surface area contributed by atoms with Crippen molar-refractivity contribution in [2.75, 3.05) is 14.2 Å². The fourth-order valence-corrected chi connectivity index (χ4v) is 3.73. The average Bonchev–Trinajstić information content (AvgIpc) is 3.29. The second kappa shape index (κ2) is 8.14. The predicted molar refractivity (Wildman–Crippen MR) is 121 cm³/mol. The Morgan fingerprint density at radius 1 is 0.969 bits per heavy atom. The molecule has 3 aromatic heterocycles. The lowest BCUT2D eigenvalue weighted by Crippen LogP contribution is -2.21. The first-order valence-corrected chi connectivity index (χ1v) is 10.2. The Morgan fingerprint density at radius 3 is 2.56 bits per heavy atom. The van der Waals surface area contributed by atoms with Crippen molar-refractivity contribution in [2.45, 2.75) is 13.0 Å². The van der Waals surface area contributed by atoms with Gasteiger partial charge in [-0.05, 0) is 30.2 Å². The molecular weight excluding hydrogens is 406 g/mol. The van der Waals surface area contributed by atoms with E-state index < -0.39 is 0 Å². The van der Waals surface area contributed by atoms with E-state index in [1.54, 1.807) is 35.7 Å². The van der Waals surface area contributed by atoms with Crippen molar-refractivity contribution >= 4 is 16.7 Å².